The van der Waals surface area contributed by atoms with E-state index in [9.17, 15) is 19.2 Å². The average molecular weight is 402 g/mol. The quantitative estimate of drug-likeness (QED) is 0.501. The summed E-state index contributed by atoms with van der Waals surface area (Å²) in [5.41, 5.74) is 0.515. The fourth-order valence-electron chi connectivity index (χ4n) is 2.86. The number of hydrogen-bond donors (Lipinski definition) is 1. The van der Waals surface area contributed by atoms with Crippen LogP contribution in [-0.4, -0.2) is 50.3 Å². The van der Waals surface area contributed by atoms with E-state index in [1.807, 2.05) is 0 Å². The van der Waals surface area contributed by atoms with Gasteiger partial charge in [0, 0.05) is 30.3 Å². The third-order valence-corrected chi connectivity index (χ3v) is 4.61. The van der Waals surface area contributed by atoms with Gasteiger partial charge in [-0.25, -0.2) is 4.79 Å². The summed E-state index contributed by atoms with van der Waals surface area (Å²) in [6.45, 7) is 0.0993. The number of amides is 1. The van der Waals surface area contributed by atoms with Crippen LogP contribution in [0.4, 0.5) is 0 Å². The number of methoxy groups -OCH3 is 1. The number of fused-ring (bicyclic) bond motifs is 2. The van der Waals surface area contributed by atoms with Gasteiger partial charge in [-0.15, -0.1) is 0 Å². The maximum absolute atomic E-state index is 12.8. The number of benzene rings is 2. The zero-order valence-corrected chi connectivity index (χ0v) is 15.7. The van der Waals surface area contributed by atoms with Crippen molar-refractivity contribution in [3.8, 4) is 0 Å². The molecule has 0 bridgehead atoms. The van der Waals surface area contributed by atoms with E-state index in [4.69, 9.17) is 21.1 Å². The third kappa shape index (κ3) is 3.67. The summed E-state index contributed by atoms with van der Waals surface area (Å²) >= 11 is 6.28. The van der Waals surface area contributed by atoms with Crippen molar-refractivity contribution < 1.29 is 28.7 Å². The standard InChI is InChI=1S/C20H16ClNO6/c1-27-9-8-22-15(23)10-28-20(26)14-7-6-13-16(17(14)21)19(25)12-5-3-2-4-11(12)18(13)24/h2-7H,8-10H2,1H3,(H,22,23). The molecule has 1 aliphatic rings. The predicted octanol–water partition coefficient (Wildman–Crippen LogP) is 2.03. The fourth-order valence-corrected chi connectivity index (χ4v) is 3.18. The second-order valence-corrected chi connectivity index (χ2v) is 6.35. The molecule has 0 saturated carbocycles. The summed E-state index contributed by atoms with van der Waals surface area (Å²) in [5.74, 6) is -2.15. The van der Waals surface area contributed by atoms with E-state index in [2.05, 4.69) is 5.32 Å². The topological polar surface area (TPSA) is 98.8 Å². The molecule has 28 heavy (non-hydrogen) atoms. The molecule has 0 radical (unpaired) electrons. The number of esters is 1. The SMILES string of the molecule is COCCNC(=O)COC(=O)c1ccc2c(c1Cl)C(=O)c1ccccc1C2=O. The number of hydrogen-bond acceptors (Lipinski definition) is 6. The van der Waals surface area contributed by atoms with E-state index in [1.165, 1.54) is 25.3 Å². The Bertz CT molecular complexity index is 985. The summed E-state index contributed by atoms with van der Waals surface area (Å²) in [6.07, 6.45) is 0. The zero-order valence-electron chi connectivity index (χ0n) is 14.9. The Balaban J connectivity index is 1.82. The molecule has 1 amide bonds. The van der Waals surface area contributed by atoms with Crippen molar-refractivity contribution >= 4 is 35.0 Å². The van der Waals surface area contributed by atoms with Crippen molar-refractivity contribution in [2.45, 2.75) is 0 Å². The second-order valence-electron chi connectivity index (χ2n) is 5.97. The molecule has 0 saturated heterocycles. The normalized spacial score (nSPS) is 12.2. The molecule has 144 valence electrons. The van der Waals surface area contributed by atoms with Gasteiger partial charge in [0.1, 0.15) is 0 Å². The van der Waals surface area contributed by atoms with Crippen LogP contribution in [0.2, 0.25) is 5.02 Å². The highest BCUT2D eigenvalue weighted by molar-refractivity contribution is 6.41. The Morgan fingerprint density at radius 3 is 2.36 bits per heavy atom. The van der Waals surface area contributed by atoms with Crippen molar-refractivity contribution in [2.75, 3.05) is 26.9 Å². The van der Waals surface area contributed by atoms with Gasteiger partial charge in [0.25, 0.3) is 5.91 Å². The Morgan fingerprint density at radius 2 is 1.68 bits per heavy atom. The van der Waals surface area contributed by atoms with E-state index in [0.717, 1.165) is 0 Å². The molecule has 2 aromatic carbocycles. The number of halogens is 1. The molecule has 0 heterocycles. The first-order chi connectivity index (χ1) is 13.5. The van der Waals surface area contributed by atoms with Gasteiger partial charge in [-0.05, 0) is 12.1 Å². The van der Waals surface area contributed by atoms with Crippen LogP contribution in [-0.2, 0) is 14.3 Å². The highest BCUT2D eigenvalue weighted by Crippen LogP contribution is 2.34. The van der Waals surface area contributed by atoms with E-state index in [0.29, 0.717) is 12.2 Å². The Morgan fingerprint density at radius 1 is 1.00 bits per heavy atom. The molecule has 0 atom stereocenters. The summed E-state index contributed by atoms with van der Waals surface area (Å²) in [4.78, 5) is 49.4. The number of ether oxygens (including phenoxy) is 2. The Kier molecular flexibility index (Phi) is 5.87. The molecule has 7 nitrogen and oxygen atoms in total. The van der Waals surface area contributed by atoms with Crippen LogP contribution in [0.5, 0.6) is 0 Å². The predicted molar refractivity (Wildman–Crippen MR) is 99.9 cm³/mol. The van der Waals surface area contributed by atoms with Gasteiger partial charge in [0.2, 0.25) is 0 Å². The molecule has 1 aliphatic carbocycles. The van der Waals surface area contributed by atoms with Gasteiger partial charge in [-0.2, -0.15) is 0 Å². The molecule has 3 rings (SSSR count). The molecular weight excluding hydrogens is 386 g/mol. The van der Waals surface area contributed by atoms with Crippen LogP contribution in [0.15, 0.2) is 36.4 Å². The van der Waals surface area contributed by atoms with Crippen LogP contribution < -0.4 is 5.32 Å². The number of ketones is 2. The maximum atomic E-state index is 12.8. The lowest BCUT2D eigenvalue weighted by Crippen LogP contribution is -2.31. The monoisotopic (exact) mass is 401 g/mol. The van der Waals surface area contributed by atoms with Gasteiger partial charge in [0.05, 0.1) is 22.8 Å². The highest BCUT2D eigenvalue weighted by atomic mass is 35.5. The van der Waals surface area contributed by atoms with Crippen LogP contribution in [0.25, 0.3) is 0 Å². The van der Waals surface area contributed by atoms with Gasteiger partial charge >= 0.3 is 5.97 Å². The van der Waals surface area contributed by atoms with Gasteiger partial charge in [0.15, 0.2) is 18.2 Å². The third-order valence-electron chi connectivity index (χ3n) is 4.21. The first-order valence-electron chi connectivity index (χ1n) is 8.39. The molecule has 0 unspecified atom stereocenters. The van der Waals surface area contributed by atoms with Crippen molar-refractivity contribution in [1.82, 2.24) is 5.32 Å². The number of carbonyl (C=O) groups is 4. The first-order valence-corrected chi connectivity index (χ1v) is 8.77. The van der Waals surface area contributed by atoms with Crippen molar-refractivity contribution in [2.24, 2.45) is 0 Å². The van der Waals surface area contributed by atoms with Gasteiger partial charge < -0.3 is 14.8 Å². The number of rotatable bonds is 6. The smallest absolute Gasteiger partial charge is 0.340 e. The molecule has 0 fully saturated rings. The first kappa shape index (κ1) is 19.7. The van der Waals surface area contributed by atoms with Gasteiger partial charge in [-0.1, -0.05) is 35.9 Å². The Labute approximate surface area is 165 Å². The van der Waals surface area contributed by atoms with Crippen molar-refractivity contribution in [3.05, 3.63) is 69.2 Å². The maximum Gasteiger partial charge on any atom is 0.340 e. The van der Waals surface area contributed by atoms with Crippen LogP contribution in [0.1, 0.15) is 42.2 Å². The summed E-state index contributed by atoms with van der Waals surface area (Å²) < 4.78 is 9.75. The molecule has 2 aromatic rings. The average Bonchev–Trinajstić information content (AvgIpc) is 2.70. The number of nitrogens with one attached hydrogen (secondary N) is 1. The van der Waals surface area contributed by atoms with E-state index in [1.54, 1.807) is 18.2 Å². The van der Waals surface area contributed by atoms with Crippen molar-refractivity contribution in [3.63, 3.8) is 0 Å². The van der Waals surface area contributed by atoms with Crippen LogP contribution >= 0.6 is 11.6 Å². The lowest BCUT2D eigenvalue weighted by Gasteiger charge is -2.19. The summed E-state index contributed by atoms with van der Waals surface area (Å²) in [5, 5.41) is 2.33. The highest BCUT2D eigenvalue weighted by Gasteiger charge is 2.33. The van der Waals surface area contributed by atoms with E-state index >= 15 is 0 Å². The lowest BCUT2D eigenvalue weighted by molar-refractivity contribution is -0.124. The van der Waals surface area contributed by atoms with Crippen molar-refractivity contribution in [1.29, 1.82) is 0 Å². The minimum atomic E-state index is -0.867. The van der Waals surface area contributed by atoms with Gasteiger partial charge in [-0.3, -0.25) is 14.4 Å². The molecular formula is C20H16ClNO6. The summed E-state index contributed by atoms with van der Waals surface area (Å²) in [7, 11) is 1.49. The van der Waals surface area contributed by atoms with E-state index < -0.39 is 24.3 Å². The lowest BCUT2D eigenvalue weighted by atomic mass is 9.83. The number of carbonyl (C=O) groups excluding carboxylic acids is 4. The molecule has 0 aliphatic heterocycles. The minimum Gasteiger partial charge on any atom is -0.452 e. The molecule has 0 aromatic heterocycles. The van der Waals surface area contributed by atoms with Crippen LogP contribution in [0, 0.1) is 0 Å². The molecule has 1 N–H and O–H groups in total. The van der Waals surface area contributed by atoms with Crippen LogP contribution in [0.3, 0.4) is 0 Å². The Hall–Kier alpha value is -3.03. The second kappa shape index (κ2) is 8.33. The van der Waals surface area contributed by atoms with E-state index in [-0.39, 0.29) is 39.6 Å². The zero-order chi connectivity index (χ0) is 20.3. The molecule has 8 heteroatoms. The largest absolute Gasteiger partial charge is 0.452 e. The fraction of sp³-hybridized carbons (Fsp3) is 0.200. The minimum absolute atomic E-state index is 0.0376. The molecule has 0 spiro atoms. The summed E-state index contributed by atoms with van der Waals surface area (Å²) in [6, 6.07) is 9.09.